The molecule has 0 aliphatic carbocycles. The second-order valence-corrected chi connectivity index (χ2v) is 3.04. The minimum Gasteiger partial charge on any atom is -0.772 e. The van der Waals surface area contributed by atoms with Gasteiger partial charge in [-0.25, -0.2) is 0 Å². The van der Waals surface area contributed by atoms with Gasteiger partial charge in [0.2, 0.25) is 0 Å². The second kappa shape index (κ2) is 4.70. The van der Waals surface area contributed by atoms with E-state index < -0.39 is 11.1 Å². The fraction of sp³-hybridized carbons (Fsp3) is 0.667. The molecule has 0 N–H and O–H groups in total. The van der Waals surface area contributed by atoms with Gasteiger partial charge in [-0.15, -0.1) is 6.58 Å². The largest absolute Gasteiger partial charge is 0.772 e. The number of hydrogen-bond acceptors (Lipinski definition) is 2. The van der Waals surface area contributed by atoms with Crippen molar-refractivity contribution in [2.75, 3.05) is 5.75 Å². The lowest BCUT2D eigenvalue weighted by Crippen LogP contribution is -2.05. The van der Waals surface area contributed by atoms with Crippen LogP contribution < -0.4 is 0 Å². The van der Waals surface area contributed by atoms with E-state index in [-0.39, 0.29) is 11.7 Å². The van der Waals surface area contributed by atoms with Gasteiger partial charge in [-0.2, -0.15) is 0 Å². The van der Waals surface area contributed by atoms with Gasteiger partial charge in [-0.3, -0.25) is 4.21 Å². The van der Waals surface area contributed by atoms with E-state index in [1.807, 2.05) is 6.92 Å². The summed E-state index contributed by atoms with van der Waals surface area (Å²) in [5.41, 5.74) is 0. The maximum atomic E-state index is 10.1. The van der Waals surface area contributed by atoms with E-state index in [1.165, 1.54) is 0 Å². The number of rotatable bonds is 4. The van der Waals surface area contributed by atoms with Gasteiger partial charge in [0.25, 0.3) is 0 Å². The first-order valence-corrected chi connectivity index (χ1v) is 4.08. The monoisotopic (exact) mass is 147 g/mol. The normalized spacial score (nSPS) is 16.7. The Balaban J connectivity index is 3.37. The van der Waals surface area contributed by atoms with Gasteiger partial charge in [-0.05, 0) is 12.3 Å². The molecule has 0 aromatic carbocycles. The summed E-state index contributed by atoms with van der Waals surface area (Å²) in [6, 6.07) is 0. The van der Waals surface area contributed by atoms with E-state index in [9.17, 15) is 8.76 Å². The predicted molar refractivity (Wildman–Crippen MR) is 37.8 cm³/mol. The van der Waals surface area contributed by atoms with Crippen LogP contribution >= 0.6 is 0 Å². The molecule has 0 aromatic rings. The average molecular weight is 147 g/mol. The Kier molecular flexibility index (Phi) is 4.62. The van der Waals surface area contributed by atoms with Crippen LogP contribution in [0.3, 0.4) is 0 Å². The highest BCUT2D eigenvalue weighted by Crippen LogP contribution is 2.02. The first-order valence-electron chi connectivity index (χ1n) is 2.83. The van der Waals surface area contributed by atoms with Crippen molar-refractivity contribution in [1.29, 1.82) is 0 Å². The Bertz CT molecular complexity index is 112. The molecule has 0 heterocycles. The van der Waals surface area contributed by atoms with Crippen LogP contribution in [0.2, 0.25) is 0 Å². The van der Waals surface area contributed by atoms with Gasteiger partial charge >= 0.3 is 0 Å². The van der Waals surface area contributed by atoms with Crippen molar-refractivity contribution in [1.82, 2.24) is 0 Å². The molecule has 2 atom stereocenters. The molecular weight excluding hydrogens is 136 g/mol. The van der Waals surface area contributed by atoms with Crippen LogP contribution in [0, 0.1) is 5.92 Å². The molecule has 2 nitrogen and oxygen atoms in total. The van der Waals surface area contributed by atoms with Crippen LogP contribution in [-0.2, 0) is 11.1 Å². The van der Waals surface area contributed by atoms with Crippen LogP contribution in [0.5, 0.6) is 0 Å². The zero-order valence-corrected chi connectivity index (χ0v) is 6.32. The Labute approximate surface area is 58.3 Å². The summed E-state index contributed by atoms with van der Waals surface area (Å²) in [6.45, 7) is 5.39. The molecule has 0 fully saturated rings. The Morgan fingerprint density at radius 1 is 1.89 bits per heavy atom. The SMILES string of the molecule is C=CC[C@@H](C)CS(=O)[O-]. The molecule has 3 heteroatoms. The maximum absolute atomic E-state index is 10.1. The molecule has 0 radical (unpaired) electrons. The van der Waals surface area contributed by atoms with Crippen LogP contribution in [-0.4, -0.2) is 14.5 Å². The lowest BCUT2D eigenvalue weighted by molar-refractivity contribution is 0.521. The first-order chi connectivity index (χ1) is 4.16. The highest BCUT2D eigenvalue weighted by Gasteiger charge is 1.96. The summed E-state index contributed by atoms with van der Waals surface area (Å²) in [6.07, 6.45) is 2.51. The van der Waals surface area contributed by atoms with Crippen molar-refractivity contribution in [3.63, 3.8) is 0 Å². The Morgan fingerprint density at radius 3 is 2.78 bits per heavy atom. The smallest absolute Gasteiger partial charge is 0.0130 e. The van der Waals surface area contributed by atoms with E-state index in [1.54, 1.807) is 6.08 Å². The molecule has 0 rings (SSSR count). The van der Waals surface area contributed by atoms with E-state index in [2.05, 4.69) is 6.58 Å². The van der Waals surface area contributed by atoms with Gasteiger partial charge in [0.1, 0.15) is 0 Å². The maximum Gasteiger partial charge on any atom is 0.0130 e. The van der Waals surface area contributed by atoms with Gasteiger partial charge in [0.05, 0.1) is 0 Å². The molecule has 0 aliphatic rings. The highest BCUT2D eigenvalue weighted by atomic mass is 32.2. The molecule has 9 heavy (non-hydrogen) atoms. The zero-order chi connectivity index (χ0) is 7.28. The molecule has 0 aromatic heterocycles. The van der Waals surface area contributed by atoms with Crippen LogP contribution in [0.1, 0.15) is 13.3 Å². The lowest BCUT2D eigenvalue weighted by atomic mass is 10.1. The van der Waals surface area contributed by atoms with Crippen molar-refractivity contribution in [2.24, 2.45) is 5.92 Å². The van der Waals surface area contributed by atoms with Gasteiger partial charge < -0.3 is 4.55 Å². The topological polar surface area (TPSA) is 40.1 Å². The molecule has 0 spiro atoms. The van der Waals surface area contributed by atoms with E-state index in [0.29, 0.717) is 0 Å². The number of allylic oxidation sites excluding steroid dienone is 1. The Hall–Kier alpha value is -0.150. The van der Waals surface area contributed by atoms with E-state index >= 15 is 0 Å². The third-order valence-electron chi connectivity index (χ3n) is 0.990. The highest BCUT2D eigenvalue weighted by molar-refractivity contribution is 7.79. The molecule has 0 saturated heterocycles. The van der Waals surface area contributed by atoms with Crippen molar-refractivity contribution >= 4 is 11.1 Å². The third kappa shape index (κ3) is 5.73. The van der Waals surface area contributed by atoms with Crippen molar-refractivity contribution in [3.05, 3.63) is 12.7 Å². The molecule has 54 valence electrons. The summed E-state index contributed by atoms with van der Waals surface area (Å²) >= 11 is -1.89. The fourth-order valence-electron chi connectivity index (χ4n) is 0.585. The average Bonchev–Trinajstić information content (AvgIpc) is 1.63. The molecule has 0 amide bonds. The Morgan fingerprint density at radius 2 is 2.44 bits per heavy atom. The summed E-state index contributed by atoms with van der Waals surface area (Å²) in [4.78, 5) is 0. The lowest BCUT2D eigenvalue weighted by Gasteiger charge is -2.09. The van der Waals surface area contributed by atoms with Crippen molar-refractivity contribution in [3.8, 4) is 0 Å². The molecule has 0 bridgehead atoms. The summed E-state index contributed by atoms with van der Waals surface area (Å²) in [5.74, 6) is 0.451. The van der Waals surface area contributed by atoms with Crippen LogP contribution in [0.4, 0.5) is 0 Å². The van der Waals surface area contributed by atoms with Gasteiger partial charge in [0.15, 0.2) is 0 Å². The van der Waals surface area contributed by atoms with Gasteiger partial charge in [0, 0.05) is 5.75 Å². The van der Waals surface area contributed by atoms with Crippen molar-refractivity contribution < 1.29 is 8.76 Å². The molecule has 0 aliphatic heterocycles. The summed E-state index contributed by atoms with van der Waals surface area (Å²) < 4.78 is 20.1. The van der Waals surface area contributed by atoms with E-state index in [0.717, 1.165) is 6.42 Å². The second-order valence-electron chi connectivity index (χ2n) is 2.10. The quantitative estimate of drug-likeness (QED) is 0.441. The van der Waals surface area contributed by atoms with Crippen LogP contribution in [0.15, 0.2) is 12.7 Å². The fourth-order valence-corrected chi connectivity index (χ4v) is 1.19. The minimum absolute atomic E-state index is 0.209. The van der Waals surface area contributed by atoms with E-state index in [4.69, 9.17) is 0 Å². The molecule has 0 saturated carbocycles. The zero-order valence-electron chi connectivity index (χ0n) is 5.50. The third-order valence-corrected chi connectivity index (χ3v) is 1.83. The first kappa shape index (κ1) is 8.85. The number of hydrogen-bond donors (Lipinski definition) is 0. The summed E-state index contributed by atoms with van der Waals surface area (Å²) in [7, 11) is 0. The minimum atomic E-state index is -1.89. The van der Waals surface area contributed by atoms with Crippen LogP contribution in [0.25, 0.3) is 0 Å². The van der Waals surface area contributed by atoms with Crippen molar-refractivity contribution in [2.45, 2.75) is 13.3 Å². The predicted octanol–water partition coefficient (Wildman–Crippen LogP) is 1.08. The molecule has 1 unspecified atom stereocenters. The van der Waals surface area contributed by atoms with Gasteiger partial charge in [-0.1, -0.05) is 24.1 Å². The molecular formula is C6H11O2S-. The summed E-state index contributed by atoms with van der Waals surface area (Å²) in [5, 5.41) is 0. The standard InChI is InChI=1S/C6H12O2S/c1-3-4-6(2)5-9(7)8/h3,6H,1,4-5H2,2H3,(H,7,8)/p-1/t6-/m1/s1.